The molecule has 0 radical (unpaired) electrons. The number of anilines is 1. The van der Waals surface area contributed by atoms with Crippen molar-refractivity contribution in [3.8, 4) is 35.2 Å². The zero-order chi connectivity index (χ0) is 28.2. The van der Waals surface area contributed by atoms with Crippen LogP contribution in [0.1, 0.15) is 31.2 Å². The Bertz CT molecular complexity index is 1710. The first-order valence-corrected chi connectivity index (χ1v) is 14.0. The molecule has 3 atom stereocenters. The molecule has 10 heteroatoms. The van der Waals surface area contributed by atoms with E-state index in [2.05, 4.69) is 38.1 Å². The van der Waals surface area contributed by atoms with E-state index in [-0.39, 0.29) is 40.0 Å². The number of halogens is 2. The standard InChI is InChI=1S/C31H30F2N6O2/c1-3-22-25(32)9-6-17-11-21(40)12-23(26(17)22)24-13-34-29-28(27(24)33)36-31(41-16-20-5-4-10-38(20)2)37-30(29)39-14-18-7-8-19(15-39)35-18/h1,6,9,11-13,18-20,35,40H,4-5,7-8,10,14-16H2,2H3. The quantitative estimate of drug-likeness (QED) is 0.354. The molecule has 3 saturated heterocycles. The van der Waals surface area contributed by atoms with E-state index in [0.29, 0.717) is 40.8 Å². The van der Waals surface area contributed by atoms with E-state index >= 15 is 4.39 Å². The van der Waals surface area contributed by atoms with Crippen LogP contribution in [0.15, 0.2) is 30.5 Å². The predicted octanol–water partition coefficient (Wildman–Crippen LogP) is 4.22. The van der Waals surface area contributed by atoms with Gasteiger partial charge in [0.15, 0.2) is 11.6 Å². The normalized spacial score (nSPS) is 22.5. The van der Waals surface area contributed by atoms with Gasteiger partial charge in [-0.2, -0.15) is 9.97 Å². The third kappa shape index (κ3) is 4.49. The average Bonchev–Trinajstić information content (AvgIpc) is 3.54. The lowest BCUT2D eigenvalue weighted by Gasteiger charge is -2.34. The number of phenols is 1. The van der Waals surface area contributed by atoms with Crippen molar-refractivity contribution in [2.45, 2.75) is 43.8 Å². The van der Waals surface area contributed by atoms with Crippen LogP contribution >= 0.6 is 0 Å². The van der Waals surface area contributed by atoms with Gasteiger partial charge in [-0.15, -0.1) is 6.42 Å². The minimum absolute atomic E-state index is 0.00306. The van der Waals surface area contributed by atoms with Gasteiger partial charge >= 0.3 is 6.01 Å². The van der Waals surface area contributed by atoms with Gasteiger partial charge in [0.1, 0.15) is 29.2 Å². The maximum absolute atomic E-state index is 16.6. The van der Waals surface area contributed by atoms with E-state index in [1.807, 2.05) is 0 Å². The molecule has 0 amide bonds. The number of nitrogens with zero attached hydrogens (tertiary/aromatic N) is 5. The summed E-state index contributed by atoms with van der Waals surface area (Å²) < 4.78 is 37.4. The molecule has 3 aliphatic heterocycles. The number of likely N-dealkylation sites (tertiary alicyclic amines) is 1. The van der Waals surface area contributed by atoms with Crippen LogP contribution in [-0.2, 0) is 0 Å². The summed E-state index contributed by atoms with van der Waals surface area (Å²) in [5.41, 5.74) is 0.595. The van der Waals surface area contributed by atoms with Crippen LogP contribution < -0.4 is 15.0 Å². The van der Waals surface area contributed by atoms with Gasteiger partial charge in [0, 0.05) is 48.4 Å². The summed E-state index contributed by atoms with van der Waals surface area (Å²) >= 11 is 0. The molecule has 3 unspecified atom stereocenters. The third-order valence-electron chi connectivity index (χ3n) is 8.69. The Morgan fingerprint density at radius 3 is 2.63 bits per heavy atom. The lowest BCUT2D eigenvalue weighted by Crippen LogP contribution is -2.51. The van der Waals surface area contributed by atoms with Gasteiger partial charge in [0.2, 0.25) is 0 Å². The fourth-order valence-corrected chi connectivity index (χ4v) is 6.59. The van der Waals surface area contributed by atoms with Crippen LogP contribution in [0.3, 0.4) is 0 Å². The number of aromatic hydroxyl groups is 1. The predicted molar refractivity (Wildman–Crippen MR) is 153 cm³/mol. The number of pyridine rings is 1. The van der Waals surface area contributed by atoms with Crippen molar-refractivity contribution in [2.24, 2.45) is 0 Å². The fraction of sp³-hybridized carbons (Fsp3) is 0.387. The van der Waals surface area contributed by atoms with Gasteiger partial charge in [-0.05, 0) is 68.4 Å². The number of benzene rings is 2. The van der Waals surface area contributed by atoms with Crippen LogP contribution in [0.5, 0.6) is 11.8 Å². The molecule has 3 fully saturated rings. The maximum atomic E-state index is 16.6. The van der Waals surface area contributed by atoms with E-state index in [9.17, 15) is 9.50 Å². The molecule has 2 N–H and O–H groups in total. The molecule has 2 aromatic carbocycles. The van der Waals surface area contributed by atoms with Gasteiger partial charge in [-0.25, -0.2) is 13.8 Å². The maximum Gasteiger partial charge on any atom is 0.319 e. The summed E-state index contributed by atoms with van der Waals surface area (Å²) in [6, 6.07) is 6.57. The molecule has 41 heavy (non-hydrogen) atoms. The Morgan fingerprint density at radius 2 is 1.90 bits per heavy atom. The Balaban J connectivity index is 1.39. The van der Waals surface area contributed by atoms with Gasteiger partial charge in [0.05, 0.1) is 5.56 Å². The zero-order valence-electron chi connectivity index (χ0n) is 22.7. The summed E-state index contributed by atoms with van der Waals surface area (Å²) in [5.74, 6) is 1.54. The summed E-state index contributed by atoms with van der Waals surface area (Å²) in [6.45, 7) is 2.84. The van der Waals surface area contributed by atoms with Crippen LogP contribution in [0.4, 0.5) is 14.6 Å². The number of aromatic nitrogens is 3. The van der Waals surface area contributed by atoms with Crippen molar-refractivity contribution < 1.29 is 18.6 Å². The molecule has 0 aliphatic carbocycles. The summed E-state index contributed by atoms with van der Waals surface area (Å²) in [6.07, 6.45) is 11.3. The van der Waals surface area contributed by atoms with E-state index in [4.69, 9.17) is 16.1 Å². The van der Waals surface area contributed by atoms with Crippen LogP contribution in [0.2, 0.25) is 0 Å². The smallest absolute Gasteiger partial charge is 0.319 e. The first kappa shape index (κ1) is 25.9. The minimum atomic E-state index is -0.668. The largest absolute Gasteiger partial charge is 0.508 e. The number of fused-ring (bicyclic) bond motifs is 4. The SMILES string of the molecule is C#Cc1c(F)ccc2cc(O)cc(-c3cnc4c(N5CC6CCC(C5)N6)nc(OCC5CCCN5C)nc4c3F)c12. The summed E-state index contributed by atoms with van der Waals surface area (Å²) in [5, 5.41) is 14.9. The fourth-order valence-electron chi connectivity index (χ4n) is 6.59. The summed E-state index contributed by atoms with van der Waals surface area (Å²) in [4.78, 5) is 18.3. The van der Waals surface area contributed by atoms with Gasteiger partial charge in [0.25, 0.3) is 0 Å². The zero-order valence-corrected chi connectivity index (χ0v) is 22.7. The number of hydrogen-bond donors (Lipinski definition) is 2. The molecule has 4 aromatic rings. The second kappa shape index (κ2) is 10.1. The number of rotatable bonds is 5. The molecule has 2 bridgehead atoms. The minimum Gasteiger partial charge on any atom is -0.508 e. The third-order valence-corrected chi connectivity index (χ3v) is 8.69. The topological polar surface area (TPSA) is 86.6 Å². The van der Waals surface area contributed by atoms with Crippen molar-refractivity contribution >= 4 is 27.6 Å². The van der Waals surface area contributed by atoms with E-state index < -0.39 is 11.6 Å². The highest BCUT2D eigenvalue weighted by Crippen LogP contribution is 2.39. The van der Waals surface area contributed by atoms with Crippen molar-refractivity contribution in [3.05, 3.63) is 47.7 Å². The number of likely N-dealkylation sites (N-methyl/N-ethyl adjacent to an activating group) is 1. The average molecular weight is 557 g/mol. The Labute approximate surface area is 236 Å². The number of hydrogen-bond acceptors (Lipinski definition) is 8. The van der Waals surface area contributed by atoms with E-state index in [0.717, 1.165) is 45.3 Å². The lowest BCUT2D eigenvalue weighted by atomic mass is 9.94. The van der Waals surface area contributed by atoms with Crippen molar-refractivity contribution in [3.63, 3.8) is 0 Å². The molecular formula is C31H30F2N6O2. The van der Waals surface area contributed by atoms with Gasteiger partial charge < -0.3 is 25.0 Å². The Kier molecular flexibility index (Phi) is 6.36. The highest BCUT2D eigenvalue weighted by atomic mass is 19.1. The van der Waals surface area contributed by atoms with Gasteiger partial charge in [-0.1, -0.05) is 12.0 Å². The second-order valence-electron chi connectivity index (χ2n) is 11.3. The van der Waals surface area contributed by atoms with Crippen LogP contribution in [-0.4, -0.2) is 76.4 Å². The molecule has 7 rings (SSSR count). The molecule has 2 aromatic heterocycles. The molecule has 210 valence electrons. The molecule has 3 aliphatic rings. The van der Waals surface area contributed by atoms with Crippen molar-refractivity contribution in [2.75, 3.05) is 38.2 Å². The number of ether oxygens (including phenoxy) is 1. The molecule has 0 spiro atoms. The first-order chi connectivity index (χ1) is 19.9. The van der Waals surface area contributed by atoms with Crippen LogP contribution in [0.25, 0.3) is 32.9 Å². The molecule has 0 saturated carbocycles. The molecule has 8 nitrogen and oxygen atoms in total. The first-order valence-electron chi connectivity index (χ1n) is 14.0. The number of nitrogens with one attached hydrogen (secondary N) is 1. The molecular weight excluding hydrogens is 526 g/mol. The van der Waals surface area contributed by atoms with E-state index in [1.165, 1.54) is 30.5 Å². The number of terminal acetylenes is 1. The highest BCUT2D eigenvalue weighted by molar-refractivity contribution is 6.03. The van der Waals surface area contributed by atoms with Gasteiger partial charge in [-0.3, -0.25) is 0 Å². The van der Waals surface area contributed by atoms with Crippen LogP contribution in [0, 0.1) is 24.0 Å². The number of piperazine rings is 1. The summed E-state index contributed by atoms with van der Waals surface area (Å²) in [7, 11) is 2.06. The van der Waals surface area contributed by atoms with E-state index in [1.54, 1.807) is 0 Å². The van der Waals surface area contributed by atoms with Crippen molar-refractivity contribution in [1.82, 2.24) is 25.2 Å². The lowest BCUT2D eigenvalue weighted by molar-refractivity contribution is 0.188. The Hall–Kier alpha value is -4.07. The van der Waals surface area contributed by atoms with Crippen molar-refractivity contribution in [1.29, 1.82) is 0 Å². The highest BCUT2D eigenvalue weighted by Gasteiger charge is 2.34. The monoisotopic (exact) mass is 556 g/mol. The Morgan fingerprint density at radius 1 is 1.10 bits per heavy atom. The second-order valence-corrected chi connectivity index (χ2v) is 11.3. The number of phenolic OH excluding ortho intramolecular Hbond substituents is 1. The molecule has 5 heterocycles.